The summed E-state index contributed by atoms with van der Waals surface area (Å²) < 4.78 is 39.5. The first kappa shape index (κ1) is 18.4. The quantitative estimate of drug-likeness (QED) is 0.689. The number of anilines is 1. The molecular formula is C22H21NO4S. The van der Waals surface area contributed by atoms with Crippen molar-refractivity contribution in [3.63, 3.8) is 0 Å². The molecule has 0 unspecified atom stereocenters. The number of nitrogens with one attached hydrogen (secondary N) is 1. The van der Waals surface area contributed by atoms with Gasteiger partial charge in [0.05, 0.1) is 10.6 Å². The van der Waals surface area contributed by atoms with E-state index in [-0.39, 0.29) is 11.7 Å². The van der Waals surface area contributed by atoms with Gasteiger partial charge in [0.25, 0.3) is 10.0 Å². The molecule has 0 fully saturated rings. The van der Waals surface area contributed by atoms with Gasteiger partial charge in [0.1, 0.15) is 0 Å². The second kappa shape index (κ2) is 6.87. The van der Waals surface area contributed by atoms with Crippen molar-refractivity contribution in [2.45, 2.75) is 25.7 Å². The molecule has 0 radical (unpaired) electrons. The number of sulfonamides is 1. The summed E-state index contributed by atoms with van der Waals surface area (Å²) in [6.07, 6.45) is 0. The highest BCUT2D eigenvalue weighted by molar-refractivity contribution is 7.92. The molecule has 3 aromatic carbocycles. The number of aryl methyl sites for hydroxylation is 2. The summed E-state index contributed by atoms with van der Waals surface area (Å²) in [6, 6.07) is 15.9. The van der Waals surface area contributed by atoms with E-state index in [0.717, 1.165) is 22.3 Å². The largest absolute Gasteiger partial charge is 0.454 e. The number of rotatable bonds is 4. The molecule has 4 rings (SSSR count). The van der Waals surface area contributed by atoms with Crippen molar-refractivity contribution >= 4 is 15.7 Å². The number of hydrogen-bond donors (Lipinski definition) is 1. The minimum atomic E-state index is -3.74. The number of benzene rings is 3. The van der Waals surface area contributed by atoms with Gasteiger partial charge in [0, 0.05) is 11.6 Å². The lowest BCUT2D eigenvalue weighted by Crippen LogP contribution is -2.13. The van der Waals surface area contributed by atoms with Crippen molar-refractivity contribution in [2.24, 2.45) is 0 Å². The first-order chi connectivity index (χ1) is 13.3. The summed E-state index contributed by atoms with van der Waals surface area (Å²) >= 11 is 0. The van der Waals surface area contributed by atoms with Gasteiger partial charge in [0.2, 0.25) is 6.79 Å². The van der Waals surface area contributed by atoms with E-state index in [0.29, 0.717) is 17.2 Å². The fourth-order valence-electron chi connectivity index (χ4n) is 3.26. The molecule has 5 nitrogen and oxygen atoms in total. The third-order valence-electron chi connectivity index (χ3n) is 5.05. The average Bonchev–Trinajstić information content (AvgIpc) is 3.13. The van der Waals surface area contributed by atoms with Crippen molar-refractivity contribution < 1.29 is 17.9 Å². The van der Waals surface area contributed by atoms with Gasteiger partial charge in [-0.15, -0.1) is 0 Å². The zero-order chi connectivity index (χ0) is 19.9. The van der Waals surface area contributed by atoms with Gasteiger partial charge in [-0.2, -0.15) is 0 Å². The van der Waals surface area contributed by atoms with Gasteiger partial charge in [-0.25, -0.2) is 8.42 Å². The number of fused-ring (bicyclic) bond motifs is 1. The molecule has 0 aliphatic carbocycles. The molecule has 1 heterocycles. The van der Waals surface area contributed by atoms with Crippen LogP contribution < -0.4 is 14.2 Å². The second-order valence-electron chi connectivity index (χ2n) is 6.90. The molecule has 1 aliphatic heterocycles. The Bertz CT molecular complexity index is 1130. The van der Waals surface area contributed by atoms with Crippen LogP contribution in [0.3, 0.4) is 0 Å². The van der Waals surface area contributed by atoms with Crippen LogP contribution in [0.1, 0.15) is 16.7 Å². The minimum absolute atomic E-state index is 0.121. The Balaban J connectivity index is 1.86. The molecule has 0 bridgehead atoms. The van der Waals surface area contributed by atoms with Crippen LogP contribution in [-0.4, -0.2) is 15.2 Å². The topological polar surface area (TPSA) is 64.6 Å². The van der Waals surface area contributed by atoms with Gasteiger partial charge in [-0.05, 0) is 61.2 Å². The van der Waals surface area contributed by atoms with Gasteiger partial charge in [-0.1, -0.05) is 30.3 Å². The molecule has 0 aromatic heterocycles. The van der Waals surface area contributed by atoms with Crippen LogP contribution in [0, 0.1) is 20.8 Å². The lowest BCUT2D eigenvalue weighted by molar-refractivity contribution is 0.174. The van der Waals surface area contributed by atoms with E-state index in [9.17, 15) is 8.42 Å². The van der Waals surface area contributed by atoms with Gasteiger partial charge < -0.3 is 9.47 Å². The highest BCUT2D eigenvalue weighted by atomic mass is 32.2. The van der Waals surface area contributed by atoms with Crippen LogP contribution in [0.5, 0.6) is 11.5 Å². The van der Waals surface area contributed by atoms with Crippen molar-refractivity contribution in [1.29, 1.82) is 0 Å². The van der Waals surface area contributed by atoms with Gasteiger partial charge in [0.15, 0.2) is 11.5 Å². The molecule has 0 atom stereocenters. The maximum atomic E-state index is 12.9. The Hall–Kier alpha value is -2.99. The van der Waals surface area contributed by atoms with Crippen molar-refractivity contribution in [3.8, 4) is 22.6 Å². The molecule has 1 N–H and O–H groups in total. The number of ether oxygens (including phenoxy) is 2. The molecule has 0 saturated heterocycles. The molecule has 3 aromatic rings. The summed E-state index contributed by atoms with van der Waals surface area (Å²) in [5, 5.41) is 0. The van der Waals surface area contributed by atoms with Gasteiger partial charge in [-0.3, -0.25) is 4.72 Å². The maximum Gasteiger partial charge on any atom is 0.261 e. The van der Waals surface area contributed by atoms with E-state index in [4.69, 9.17) is 9.47 Å². The highest BCUT2D eigenvalue weighted by Gasteiger charge is 2.22. The van der Waals surface area contributed by atoms with E-state index < -0.39 is 10.0 Å². The Morgan fingerprint density at radius 2 is 1.46 bits per heavy atom. The Morgan fingerprint density at radius 1 is 0.857 bits per heavy atom. The Labute approximate surface area is 165 Å². The van der Waals surface area contributed by atoms with Gasteiger partial charge >= 0.3 is 0 Å². The molecule has 0 spiro atoms. The van der Waals surface area contributed by atoms with E-state index in [1.165, 1.54) is 5.56 Å². The minimum Gasteiger partial charge on any atom is -0.454 e. The maximum absolute atomic E-state index is 12.9. The second-order valence-corrected chi connectivity index (χ2v) is 8.59. The molecule has 0 saturated carbocycles. The van der Waals surface area contributed by atoms with Crippen LogP contribution in [0.2, 0.25) is 0 Å². The normalized spacial score (nSPS) is 12.8. The predicted octanol–water partition coefficient (Wildman–Crippen LogP) is 4.81. The molecule has 6 heteroatoms. The SMILES string of the molecule is Cc1cc(-c2cc3c(cc2NS(=O)(=O)c2ccccc2)OCO3)cc(C)c1C. The Kier molecular flexibility index (Phi) is 4.51. The summed E-state index contributed by atoms with van der Waals surface area (Å²) in [5.74, 6) is 1.13. The molecule has 1 aliphatic rings. The van der Waals surface area contributed by atoms with E-state index >= 15 is 0 Å². The summed E-state index contributed by atoms with van der Waals surface area (Å²) in [5.41, 5.74) is 5.63. The smallest absolute Gasteiger partial charge is 0.261 e. The van der Waals surface area contributed by atoms with Crippen molar-refractivity contribution in [1.82, 2.24) is 0 Å². The summed E-state index contributed by atoms with van der Waals surface area (Å²) in [6.45, 7) is 6.29. The van der Waals surface area contributed by atoms with E-state index in [2.05, 4.69) is 23.8 Å². The average molecular weight is 395 g/mol. The van der Waals surface area contributed by atoms with Crippen molar-refractivity contribution in [3.05, 3.63) is 71.3 Å². The van der Waals surface area contributed by atoms with Crippen LogP contribution in [0.15, 0.2) is 59.5 Å². The lowest BCUT2D eigenvalue weighted by atomic mass is 9.95. The first-order valence-electron chi connectivity index (χ1n) is 8.95. The molecule has 28 heavy (non-hydrogen) atoms. The highest BCUT2D eigenvalue weighted by Crippen LogP contribution is 2.42. The predicted molar refractivity (Wildman–Crippen MR) is 109 cm³/mol. The summed E-state index contributed by atoms with van der Waals surface area (Å²) in [4.78, 5) is 0.204. The van der Waals surface area contributed by atoms with Crippen molar-refractivity contribution in [2.75, 3.05) is 11.5 Å². The molecular weight excluding hydrogens is 374 g/mol. The Morgan fingerprint density at radius 3 is 2.11 bits per heavy atom. The molecule has 0 amide bonds. The standard InChI is InChI=1S/C22H21NO4S/c1-14-9-17(10-15(2)16(14)3)19-11-21-22(27-13-26-21)12-20(19)23-28(24,25)18-7-5-4-6-8-18/h4-12,23H,13H2,1-3H3. The fraction of sp³-hybridized carbons (Fsp3) is 0.182. The monoisotopic (exact) mass is 395 g/mol. The van der Waals surface area contributed by atoms with Crippen LogP contribution >= 0.6 is 0 Å². The fourth-order valence-corrected chi connectivity index (χ4v) is 4.35. The molecule has 144 valence electrons. The third-order valence-corrected chi connectivity index (χ3v) is 6.43. The number of hydrogen-bond acceptors (Lipinski definition) is 4. The zero-order valence-corrected chi connectivity index (χ0v) is 16.8. The third kappa shape index (κ3) is 3.31. The van der Waals surface area contributed by atoms with Crippen LogP contribution in [0.4, 0.5) is 5.69 Å². The zero-order valence-electron chi connectivity index (χ0n) is 15.9. The summed E-state index contributed by atoms with van der Waals surface area (Å²) in [7, 11) is -3.74. The lowest BCUT2D eigenvalue weighted by Gasteiger charge is -2.16. The van der Waals surface area contributed by atoms with E-state index in [1.54, 1.807) is 36.4 Å². The van der Waals surface area contributed by atoms with Crippen LogP contribution in [-0.2, 0) is 10.0 Å². The van der Waals surface area contributed by atoms with E-state index in [1.807, 2.05) is 19.9 Å². The first-order valence-corrected chi connectivity index (χ1v) is 10.4. The van der Waals surface area contributed by atoms with Crippen LogP contribution in [0.25, 0.3) is 11.1 Å².